The number of piperidine rings is 1. The molecule has 2 N–H and O–H groups in total. The van der Waals surface area contributed by atoms with E-state index in [9.17, 15) is 13.2 Å². The number of carboxylic acids is 1. The summed E-state index contributed by atoms with van der Waals surface area (Å²) in [5.74, 6) is -0.761. The van der Waals surface area contributed by atoms with Crippen LogP contribution in [0.25, 0.3) is 0 Å². The Bertz CT molecular complexity index is 409. The first-order valence-electron chi connectivity index (χ1n) is 6.96. The van der Waals surface area contributed by atoms with Gasteiger partial charge in [-0.05, 0) is 31.6 Å². The molecule has 2 fully saturated rings. The van der Waals surface area contributed by atoms with Crippen LogP contribution in [0.3, 0.4) is 0 Å². The molecule has 19 heavy (non-hydrogen) atoms. The smallest absolute Gasteiger partial charge is 0.306 e. The molecule has 110 valence electrons. The van der Waals surface area contributed by atoms with Gasteiger partial charge in [0.05, 0.1) is 5.92 Å². The predicted molar refractivity (Wildman–Crippen MR) is 70.8 cm³/mol. The molecule has 0 radical (unpaired) electrons. The molecule has 1 saturated heterocycles. The molecule has 1 heterocycles. The fourth-order valence-corrected chi connectivity index (χ4v) is 4.19. The van der Waals surface area contributed by atoms with E-state index in [-0.39, 0.29) is 0 Å². The summed E-state index contributed by atoms with van der Waals surface area (Å²) >= 11 is 0. The van der Waals surface area contributed by atoms with Gasteiger partial charge in [-0.3, -0.25) is 4.79 Å². The molecule has 7 heteroatoms. The van der Waals surface area contributed by atoms with Gasteiger partial charge in [0, 0.05) is 19.6 Å². The van der Waals surface area contributed by atoms with Crippen LogP contribution in [0, 0.1) is 11.8 Å². The standard InChI is InChI=1S/C12H22N2O4S/c15-12(16)11-5-7-14(8-6-11)19(17,18)13-9-10-3-1-2-4-10/h10-11,13H,1-9H2,(H,15,16). The maximum atomic E-state index is 12.1. The molecule has 0 bridgehead atoms. The van der Waals surface area contributed by atoms with E-state index in [4.69, 9.17) is 5.11 Å². The summed E-state index contributed by atoms with van der Waals surface area (Å²) in [7, 11) is -3.43. The lowest BCUT2D eigenvalue weighted by Gasteiger charge is -2.29. The second-order valence-corrected chi connectivity index (χ2v) is 7.27. The first-order valence-corrected chi connectivity index (χ1v) is 8.40. The van der Waals surface area contributed by atoms with Crippen molar-refractivity contribution in [3.63, 3.8) is 0 Å². The lowest BCUT2D eigenvalue weighted by atomic mass is 9.99. The third-order valence-corrected chi connectivity index (χ3v) is 5.75. The molecule has 0 spiro atoms. The second-order valence-electron chi connectivity index (χ2n) is 5.52. The SMILES string of the molecule is O=C(O)C1CCN(S(=O)(=O)NCC2CCCC2)CC1. The van der Waals surface area contributed by atoms with Crippen LogP contribution in [-0.4, -0.2) is 43.4 Å². The van der Waals surface area contributed by atoms with Crippen molar-refractivity contribution in [2.45, 2.75) is 38.5 Å². The van der Waals surface area contributed by atoms with E-state index in [0.29, 0.717) is 38.4 Å². The number of nitrogens with zero attached hydrogens (tertiary/aromatic N) is 1. The highest BCUT2D eigenvalue weighted by molar-refractivity contribution is 7.87. The number of carbonyl (C=O) groups is 1. The summed E-state index contributed by atoms with van der Waals surface area (Å²) in [5.41, 5.74) is 0. The maximum absolute atomic E-state index is 12.1. The van der Waals surface area contributed by atoms with E-state index in [0.717, 1.165) is 12.8 Å². The molecule has 0 amide bonds. The van der Waals surface area contributed by atoms with E-state index in [1.165, 1.54) is 17.1 Å². The highest BCUT2D eigenvalue weighted by Gasteiger charge is 2.31. The summed E-state index contributed by atoms with van der Waals surface area (Å²) in [6.07, 6.45) is 5.39. The molecule has 0 unspecified atom stereocenters. The van der Waals surface area contributed by atoms with Gasteiger partial charge in [-0.1, -0.05) is 12.8 Å². The van der Waals surface area contributed by atoms with Crippen molar-refractivity contribution in [1.29, 1.82) is 0 Å². The summed E-state index contributed by atoms with van der Waals surface area (Å²) in [6, 6.07) is 0. The van der Waals surface area contributed by atoms with Crippen molar-refractivity contribution in [2.75, 3.05) is 19.6 Å². The predicted octanol–water partition coefficient (Wildman–Crippen LogP) is 0.808. The molecule has 0 aromatic carbocycles. The first-order chi connectivity index (χ1) is 8.99. The Kier molecular flexibility index (Phi) is 4.81. The molecule has 0 atom stereocenters. The number of carboxylic acid groups (broad SMARTS) is 1. The van der Waals surface area contributed by atoms with Crippen LogP contribution < -0.4 is 4.72 Å². The van der Waals surface area contributed by atoms with E-state index < -0.39 is 22.1 Å². The van der Waals surface area contributed by atoms with Gasteiger partial charge in [0.15, 0.2) is 0 Å². The normalized spacial score (nSPS) is 23.8. The van der Waals surface area contributed by atoms with Gasteiger partial charge in [0.25, 0.3) is 10.2 Å². The van der Waals surface area contributed by atoms with Crippen LogP contribution in [-0.2, 0) is 15.0 Å². The Morgan fingerprint density at radius 1 is 1.16 bits per heavy atom. The average Bonchev–Trinajstić information content (AvgIpc) is 2.90. The van der Waals surface area contributed by atoms with Gasteiger partial charge in [0.1, 0.15) is 0 Å². The van der Waals surface area contributed by atoms with E-state index in [1.807, 2.05) is 0 Å². The Morgan fingerprint density at radius 2 is 1.74 bits per heavy atom. The van der Waals surface area contributed by atoms with Gasteiger partial charge in [-0.2, -0.15) is 12.7 Å². The zero-order chi connectivity index (χ0) is 13.9. The minimum absolute atomic E-state index is 0.303. The van der Waals surface area contributed by atoms with E-state index in [1.54, 1.807) is 0 Å². The van der Waals surface area contributed by atoms with Crippen molar-refractivity contribution in [3.8, 4) is 0 Å². The van der Waals surface area contributed by atoms with Gasteiger partial charge in [-0.25, -0.2) is 4.72 Å². The van der Waals surface area contributed by atoms with Crippen LogP contribution >= 0.6 is 0 Å². The highest BCUT2D eigenvalue weighted by Crippen LogP contribution is 2.24. The summed E-state index contributed by atoms with van der Waals surface area (Å²) in [5, 5.41) is 8.89. The van der Waals surface area contributed by atoms with E-state index in [2.05, 4.69) is 4.72 Å². The highest BCUT2D eigenvalue weighted by atomic mass is 32.2. The molecule has 0 aromatic heterocycles. The van der Waals surface area contributed by atoms with Gasteiger partial charge in [-0.15, -0.1) is 0 Å². The first kappa shape index (κ1) is 14.7. The zero-order valence-corrected chi connectivity index (χ0v) is 11.9. The molecule has 0 aromatic rings. The zero-order valence-electron chi connectivity index (χ0n) is 11.0. The molecular weight excluding hydrogens is 268 g/mol. The molecular formula is C12H22N2O4S. The Balaban J connectivity index is 1.81. The van der Waals surface area contributed by atoms with E-state index >= 15 is 0 Å². The number of nitrogens with one attached hydrogen (secondary N) is 1. The third-order valence-electron chi connectivity index (χ3n) is 4.17. The average molecular weight is 290 g/mol. The van der Waals surface area contributed by atoms with Crippen molar-refractivity contribution in [3.05, 3.63) is 0 Å². The number of aliphatic carboxylic acids is 1. The molecule has 2 rings (SSSR count). The second kappa shape index (κ2) is 6.19. The molecule has 2 aliphatic rings. The number of hydrogen-bond donors (Lipinski definition) is 2. The Morgan fingerprint density at radius 3 is 2.26 bits per heavy atom. The van der Waals surface area contributed by atoms with Gasteiger partial charge < -0.3 is 5.11 Å². The van der Waals surface area contributed by atoms with Gasteiger partial charge >= 0.3 is 5.97 Å². The number of rotatable bonds is 5. The third kappa shape index (κ3) is 3.90. The van der Waals surface area contributed by atoms with Crippen LogP contribution in [0.2, 0.25) is 0 Å². The fourth-order valence-electron chi connectivity index (χ4n) is 2.87. The lowest BCUT2D eigenvalue weighted by Crippen LogP contribution is -2.46. The molecule has 6 nitrogen and oxygen atoms in total. The number of hydrogen-bond acceptors (Lipinski definition) is 3. The minimum Gasteiger partial charge on any atom is -0.481 e. The Hall–Kier alpha value is -0.660. The minimum atomic E-state index is -3.43. The van der Waals surface area contributed by atoms with Crippen molar-refractivity contribution in [1.82, 2.24) is 9.03 Å². The van der Waals surface area contributed by atoms with Crippen molar-refractivity contribution >= 4 is 16.2 Å². The lowest BCUT2D eigenvalue weighted by molar-refractivity contribution is -0.142. The van der Waals surface area contributed by atoms with Crippen molar-refractivity contribution < 1.29 is 18.3 Å². The van der Waals surface area contributed by atoms with Crippen LogP contribution in [0.4, 0.5) is 0 Å². The summed E-state index contributed by atoms with van der Waals surface area (Å²) in [6.45, 7) is 1.12. The molecule has 1 aliphatic carbocycles. The summed E-state index contributed by atoms with van der Waals surface area (Å²) in [4.78, 5) is 10.8. The van der Waals surface area contributed by atoms with Crippen LogP contribution in [0.15, 0.2) is 0 Å². The van der Waals surface area contributed by atoms with Crippen LogP contribution in [0.1, 0.15) is 38.5 Å². The fraction of sp³-hybridized carbons (Fsp3) is 0.917. The topological polar surface area (TPSA) is 86.7 Å². The molecule has 1 aliphatic heterocycles. The maximum Gasteiger partial charge on any atom is 0.306 e. The monoisotopic (exact) mass is 290 g/mol. The summed E-state index contributed by atoms with van der Waals surface area (Å²) < 4.78 is 28.2. The molecule has 1 saturated carbocycles. The van der Waals surface area contributed by atoms with Crippen LogP contribution in [0.5, 0.6) is 0 Å². The Labute approximate surface area is 114 Å². The van der Waals surface area contributed by atoms with Crippen molar-refractivity contribution in [2.24, 2.45) is 11.8 Å². The van der Waals surface area contributed by atoms with Gasteiger partial charge in [0.2, 0.25) is 0 Å². The quantitative estimate of drug-likeness (QED) is 0.784. The largest absolute Gasteiger partial charge is 0.481 e.